The Balaban J connectivity index is 1.65. The standard InChI is InChI=1S/C27H27N3O5/c1-16-10-9-13-21(25(16)32)27(34)35-15-23(31)22-14-17(2)29(18(22)3)24-19(4)28(5)30(26(24)33)20-11-7-6-8-12-20/h6-14,32H,15H2,1-5H3. The SMILES string of the molecule is Cc1cccc(C(=O)OCC(=O)c2cc(C)n(-c3c(C)n(C)n(-c4ccccc4)c3=O)c2C)c1O. The number of carbonyl (C=O) groups excluding carboxylic acids is 2. The molecule has 4 aromatic rings. The van der Waals surface area contributed by atoms with E-state index in [1.807, 2.05) is 51.2 Å². The largest absolute Gasteiger partial charge is 0.507 e. The lowest BCUT2D eigenvalue weighted by Gasteiger charge is -2.09. The Hall–Kier alpha value is -4.33. The molecule has 35 heavy (non-hydrogen) atoms. The molecule has 0 radical (unpaired) electrons. The highest BCUT2D eigenvalue weighted by molar-refractivity contribution is 6.01. The Kier molecular flexibility index (Phi) is 6.22. The van der Waals surface area contributed by atoms with E-state index in [-0.39, 0.29) is 16.9 Å². The maximum Gasteiger partial charge on any atom is 0.342 e. The minimum absolute atomic E-state index is 0.00430. The molecule has 2 aromatic carbocycles. The van der Waals surface area contributed by atoms with Crippen LogP contribution in [0, 0.1) is 27.7 Å². The molecule has 2 heterocycles. The lowest BCUT2D eigenvalue weighted by molar-refractivity contribution is 0.0471. The summed E-state index contributed by atoms with van der Waals surface area (Å²) >= 11 is 0. The number of hydrogen-bond acceptors (Lipinski definition) is 5. The number of phenolic OH excluding ortho intramolecular Hbond substituents is 1. The van der Waals surface area contributed by atoms with Crippen molar-refractivity contribution in [1.29, 1.82) is 0 Å². The van der Waals surface area contributed by atoms with Crippen LogP contribution in [-0.4, -0.2) is 37.4 Å². The van der Waals surface area contributed by atoms with Gasteiger partial charge in [0.1, 0.15) is 17.0 Å². The van der Waals surface area contributed by atoms with Gasteiger partial charge in [-0.2, -0.15) is 0 Å². The van der Waals surface area contributed by atoms with Gasteiger partial charge >= 0.3 is 5.97 Å². The van der Waals surface area contributed by atoms with Crippen LogP contribution in [-0.2, 0) is 11.8 Å². The van der Waals surface area contributed by atoms with Crippen LogP contribution < -0.4 is 5.56 Å². The first kappa shape index (κ1) is 23.8. The summed E-state index contributed by atoms with van der Waals surface area (Å²) in [7, 11) is 1.81. The fraction of sp³-hybridized carbons (Fsp3) is 0.222. The van der Waals surface area contributed by atoms with Crippen LogP contribution >= 0.6 is 0 Å². The molecule has 8 nitrogen and oxygen atoms in total. The number of carbonyl (C=O) groups is 2. The fourth-order valence-electron chi connectivity index (χ4n) is 4.31. The smallest absolute Gasteiger partial charge is 0.342 e. The number of nitrogens with zero attached hydrogens (tertiary/aromatic N) is 3. The van der Waals surface area contributed by atoms with Crippen LogP contribution in [0.5, 0.6) is 5.75 Å². The van der Waals surface area contributed by atoms with Crippen LogP contribution in [0.3, 0.4) is 0 Å². The number of para-hydroxylation sites is 2. The summed E-state index contributed by atoms with van der Waals surface area (Å²) in [5.74, 6) is -1.35. The maximum absolute atomic E-state index is 13.5. The first-order valence-electron chi connectivity index (χ1n) is 11.2. The molecule has 0 unspecified atom stereocenters. The van der Waals surface area contributed by atoms with E-state index >= 15 is 0 Å². The number of phenols is 1. The molecule has 1 N–H and O–H groups in total. The van der Waals surface area contributed by atoms with Crippen molar-refractivity contribution in [3.8, 4) is 17.1 Å². The van der Waals surface area contributed by atoms with Gasteiger partial charge in [0.05, 0.1) is 11.4 Å². The van der Waals surface area contributed by atoms with Crippen LogP contribution in [0.4, 0.5) is 0 Å². The molecule has 4 rings (SSSR count). The number of benzene rings is 2. The third kappa shape index (κ3) is 4.07. The van der Waals surface area contributed by atoms with E-state index in [1.165, 1.54) is 6.07 Å². The number of ether oxygens (including phenoxy) is 1. The zero-order chi connectivity index (χ0) is 25.4. The number of hydrogen-bond donors (Lipinski definition) is 1. The number of rotatable bonds is 6. The summed E-state index contributed by atoms with van der Waals surface area (Å²) in [6, 6.07) is 15.8. The molecule has 0 spiro atoms. The number of ketones is 1. The molecule has 0 aliphatic carbocycles. The van der Waals surface area contributed by atoms with Crippen molar-refractivity contribution >= 4 is 11.8 Å². The van der Waals surface area contributed by atoms with E-state index in [2.05, 4.69) is 0 Å². The van der Waals surface area contributed by atoms with Crippen molar-refractivity contribution in [3.05, 3.63) is 98.7 Å². The van der Waals surface area contributed by atoms with Gasteiger partial charge in [-0.05, 0) is 57.5 Å². The Bertz CT molecular complexity index is 1510. The van der Waals surface area contributed by atoms with Crippen molar-refractivity contribution in [2.45, 2.75) is 27.7 Å². The van der Waals surface area contributed by atoms with Crippen molar-refractivity contribution in [2.24, 2.45) is 7.05 Å². The van der Waals surface area contributed by atoms with Crippen LogP contribution in [0.25, 0.3) is 11.4 Å². The number of Topliss-reactive ketones (excluding diaryl/α,β-unsaturated/α-hetero) is 1. The van der Waals surface area contributed by atoms with Crippen LogP contribution in [0.2, 0.25) is 0 Å². The van der Waals surface area contributed by atoms with Crippen molar-refractivity contribution in [3.63, 3.8) is 0 Å². The Morgan fingerprint density at radius 3 is 2.29 bits per heavy atom. The highest BCUT2D eigenvalue weighted by Gasteiger charge is 2.24. The third-order valence-corrected chi connectivity index (χ3v) is 6.27. The van der Waals surface area contributed by atoms with Gasteiger partial charge in [0.2, 0.25) is 5.78 Å². The van der Waals surface area contributed by atoms with E-state index in [4.69, 9.17) is 4.74 Å². The Morgan fingerprint density at radius 1 is 0.914 bits per heavy atom. The second kappa shape index (κ2) is 9.13. The Labute approximate surface area is 202 Å². The summed E-state index contributed by atoms with van der Waals surface area (Å²) in [6.07, 6.45) is 0. The van der Waals surface area contributed by atoms with Gasteiger partial charge in [0.25, 0.3) is 5.56 Å². The zero-order valence-corrected chi connectivity index (χ0v) is 20.3. The van der Waals surface area contributed by atoms with E-state index in [1.54, 1.807) is 46.0 Å². The van der Waals surface area contributed by atoms with Gasteiger partial charge in [-0.3, -0.25) is 14.3 Å². The average Bonchev–Trinajstić information content (AvgIpc) is 3.25. The predicted molar refractivity (Wildman–Crippen MR) is 132 cm³/mol. The molecule has 0 bridgehead atoms. The third-order valence-electron chi connectivity index (χ3n) is 6.27. The van der Waals surface area contributed by atoms with Crippen LogP contribution in [0.15, 0.2) is 59.4 Å². The van der Waals surface area contributed by atoms with Gasteiger partial charge in [-0.25, -0.2) is 9.48 Å². The van der Waals surface area contributed by atoms with Crippen molar-refractivity contribution in [2.75, 3.05) is 6.61 Å². The van der Waals surface area contributed by atoms with Crippen molar-refractivity contribution < 1.29 is 19.4 Å². The topological polar surface area (TPSA) is 95.5 Å². The number of aromatic nitrogens is 3. The quantitative estimate of drug-likeness (QED) is 0.338. The molecule has 2 aromatic heterocycles. The molecule has 0 fully saturated rings. The minimum Gasteiger partial charge on any atom is -0.507 e. The molecule has 0 aliphatic rings. The number of aryl methyl sites for hydroxylation is 2. The lowest BCUT2D eigenvalue weighted by Crippen LogP contribution is -2.22. The molecular formula is C27H27N3O5. The maximum atomic E-state index is 13.5. The summed E-state index contributed by atoms with van der Waals surface area (Å²) in [5, 5.41) is 10.1. The molecule has 0 atom stereocenters. The van der Waals surface area contributed by atoms with Crippen LogP contribution in [0.1, 0.15) is 43.4 Å². The van der Waals surface area contributed by atoms with E-state index in [0.29, 0.717) is 28.2 Å². The van der Waals surface area contributed by atoms with Gasteiger partial charge in [-0.1, -0.05) is 30.3 Å². The summed E-state index contributed by atoms with van der Waals surface area (Å²) < 4.78 is 10.3. The average molecular weight is 474 g/mol. The minimum atomic E-state index is -0.780. The molecule has 0 saturated heterocycles. The molecule has 0 amide bonds. The zero-order valence-electron chi connectivity index (χ0n) is 20.3. The van der Waals surface area contributed by atoms with E-state index < -0.39 is 18.4 Å². The number of aromatic hydroxyl groups is 1. The number of esters is 1. The van der Waals surface area contributed by atoms with Gasteiger partial charge in [0, 0.05) is 24.0 Å². The summed E-state index contributed by atoms with van der Waals surface area (Å²) in [4.78, 5) is 38.9. The molecule has 180 valence electrons. The summed E-state index contributed by atoms with van der Waals surface area (Å²) in [6.45, 7) is 6.61. The lowest BCUT2D eigenvalue weighted by atomic mass is 10.1. The summed E-state index contributed by atoms with van der Waals surface area (Å²) in [5.41, 5.74) is 3.90. The van der Waals surface area contributed by atoms with Crippen molar-refractivity contribution in [1.82, 2.24) is 13.9 Å². The molecule has 8 heteroatoms. The van der Waals surface area contributed by atoms with E-state index in [0.717, 1.165) is 11.4 Å². The molecule has 0 aliphatic heterocycles. The fourth-order valence-corrected chi connectivity index (χ4v) is 4.31. The second-order valence-electron chi connectivity index (χ2n) is 8.50. The van der Waals surface area contributed by atoms with Gasteiger partial charge in [-0.15, -0.1) is 0 Å². The monoisotopic (exact) mass is 473 g/mol. The van der Waals surface area contributed by atoms with E-state index in [9.17, 15) is 19.5 Å². The Morgan fingerprint density at radius 2 is 1.60 bits per heavy atom. The first-order valence-corrected chi connectivity index (χ1v) is 11.2. The highest BCUT2D eigenvalue weighted by atomic mass is 16.5. The first-order chi connectivity index (χ1) is 16.6. The predicted octanol–water partition coefficient (Wildman–Crippen LogP) is 3.95. The second-order valence-corrected chi connectivity index (χ2v) is 8.50. The van der Waals surface area contributed by atoms with Gasteiger partial charge in [0.15, 0.2) is 6.61 Å². The normalized spacial score (nSPS) is 11.0. The molecule has 0 saturated carbocycles. The molecular weight excluding hydrogens is 446 g/mol. The van der Waals surface area contributed by atoms with Gasteiger partial charge < -0.3 is 14.4 Å². The highest BCUT2D eigenvalue weighted by Crippen LogP contribution is 2.24.